The Kier molecular flexibility index (Phi) is 4.55. The molecule has 2 nitrogen and oxygen atoms in total. The third-order valence-corrected chi connectivity index (χ3v) is 3.13. The molecule has 1 amide bonds. The van der Waals surface area contributed by atoms with Crippen molar-refractivity contribution in [3.05, 3.63) is 35.4 Å². The van der Waals surface area contributed by atoms with Gasteiger partial charge >= 0.3 is 0 Å². The first kappa shape index (κ1) is 14.7. The second kappa shape index (κ2) is 5.55. The molecule has 0 fully saturated rings. The van der Waals surface area contributed by atoms with Gasteiger partial charge in [0.1, 0.15) is 0 Å². The van der Waals surface area contributed by atoms with Gasteiger partial charge in [0.15, 0.2) is 0 Å². The molecule has 0 radical (unpaired) electrons. The van der Waals surface area contributed by atoms with Gasteiger partial charge in [-0.05, 0) is 24.0 Å². The Morgan fingerprint density at radius 3 is 1.83 bits per heavy atom. The Labute approximate surface area is 111 Å². The van der Waals surface area contributed by atoms with Crippen molar-refractivity contribution >= 4 is 5.91 Å². The van der Waals surface area contributed by atoms with Gasteiger partial charge in [0.05, 0.1) is 6.04 Å². The highest BCUT2D eigenvalue weighted by Gasteiger charge is 2.22. The third kappa shape index (κ3) is 3.86. The smallest absolute Gasteiger partial charge is 0.225 e. The van der Waals surface area contributed by atoms with Gasteiger partial charge in [-0.2, -0.15) is 0 Å². The Morgan fingerprint density at radius 1 is 1.00 bits per heavy atom. The van der Waals surface area contributed by atoms with E-state index < -0.39 is 0 Å². The van der Waals surface area contributed by atoms with Crippen molar-refractivity contribution < 1.29 is 4.79 Å². The largest absolute Gasteiger partial charge is 0.349 e. The van der Waals surface area contributed by atoms with Crippen molar-refractivity contribution in [3.63, 3.8) is 0 Å². The van der Waals surface area contributed by atoms with E-state index in [-0.39, 0.29) is 17.4 Å². The highest BCUT2D eigenvalue weighted by molar-refractivity contribution is 5.81. The molecule has 0 bridgehead atoms. The average Bonchev–Trinajstić information content (AvgIpc) is 2.27. The molecule has 1 aromatic rings. The summed E-state index contributed by atoms with van der Waals surface area (Å²) in [5.41, 5.74) is 2.14. The summed E-state index contributed by atoms with van der Waals surface area (Å²) in [5.74, 6) is 0.626. The van der Waals surface area contributed by atoms with Gasteiger partial charge < -0.3 is 5.32 Å². The topological polar surface area (TPSA) is 29.1 Å². The van der Waals surface area contributed by atoms with Crippen LogP contribution in [0.1, 0.15) is 64.6 Å². The monoisotopic (exact) mass is 247 g/mol. The average molecular weight is 247 g/mol. The number of carbonyl (C=O) groups excluding carboxylic acids is 1. The lowest BCUT2D eigenvalue weighted by Crippen LogP contribution is -2.36. The minimum atomic E-state index is -0.341. The quantitative estimate of drug-likeness (QED) is 0.858. The van der Waals surface area contributed by atoms with E-state index in [9.17, 15) is 4.79 Å². The predicted octanol–water partition coefficient (Wildman–Crippen LogP) is 4.03. The van der Waals surface area contributed by atoms with Gasteiger partial charge in [-0.15, -0.1) is 0 Å². The molecule has 100 valence electrons. The SMILES string of the molecule is CC(C)c1ccc(C(C)NC(=O)C(C)(C)C)cc1. The zero-order valence-corrected chi connectivity index (χ0v) is 12.4. The maximum absolute atomic E-state index is 11.9. The number of rotatable bonds is 3. The summed E-state index contributed by atoms with van der Waals surface area (Å²) in [5, 5.41) is 3.05. The first-order valence-corrected chi connectivity index (χ1v) is 6.62. The van der Waals surface area contributed by atoms with Crippen LogP contribution in [-0.2, 0) is 4.79 Å². The van der Waals surface area contributed by atoms with Crippen LogP contribution in [-0.4, -0.2) is 5.91 Å². The van der Waals surface area contributed by atoms with Gasteiger partial charge in [-0.3, -0.25) is 4.79 Å². The van der Waals surface area contributed by atoms with E-state index >= 15 is 0 Å². The molecule has 1 rings (SSSR count). The van der Waals surface area contributed by atoms with Gasteiger partial charge in [0.25, 0.3) is 0 Å². The summed E-state index contributed by atoms with van der Waals surface area (Å²) in [6.45, 7) is 12.2. The summed E-state index contributed by atoms with van der Waals surface area (Å²) in [4.78, 5) is 11.9. The van der Waals surface area contributed by atoms with E-state index in [1.54, 1.807) is 0 Å². The van der Waals surface area contributed by atoms with Crippen molar-refractivity contribution in [1.29, 1.82) is 0 Å². The maximum Gasteiger partial charge on any atom is 0.225 e. The molecule has 1 N–H and O–H groups in total. The Balaban J connectivity index is 2.73. The Hall–Kier alpha value is -1.31. The van der Waals surface area contributed by atoms with Crippen LogP contribution in [0.2, 0.25) is 0 Å². The van der Waals surface area contributed by atoms with Gasteiger partial charge in [-0.25, -0.2) is 0 Å². The van der Waals surface area contributed by atoms with E-state index in [2.05, 4.69) is 43.4 Å². The lowest BCUT2D eigenvalue weighted by atomic mass is 9.94. The second-order valence-electron chi connectivity index (χ2n) is 6.27. The highest BCUT2D eigenvalue weighted by atomic mass is 16.2. The normalized spacial score (nSPS) is 13.5. The van der Waals surface area contributed by atoms with Crippen LogP contribution in [0.15, 0.2) is 24.3 Å². The van der Waals surface area contributed by atoms with Crippen LogP contribution in [0.25, 0.3) is 0 Å². The summed E-state index contributed by atoms with van der Waals surface area (Å²) in [6.07, 6.45) is 0. The Morgan fingerprint density at radius 2 is 1.44 bits per heavy atom. The lowest BCUT2D eigenvalue weighted by molar-refractivity contribution is -0.129. The van der Waals surface area contributed by atoms with Crippen LogP contribution in [0.4, 0.5) is 0 Å². The fraction of sp³-hybridized carbons (Fsp3) is 0.562. The first-order chi connectivity index (χ1) is 8.21. The molecule has 0 saturated carbocycles. The van der Waals surface area contributed by atoms with Crippen LogP contribution < -0.4 is 5.32 Å². The van der Waals surface area contributed by atoms with Crippen LogP contribution >= 0.6 is 0 Å². The maximum atomic E-state index is 11.9. The molecule has 1 unspecified atom stereocenters. The number of benzene rings is 1. The molecule has 0 heterocycles. The molecule has 0 aliphatic heterocycles. The third-order valence-electron chi connectivity index (χ3n) is 3.13. The predicted molar refractivity (Wildman–Crippen MR) is 76.5 cm³/mol. The molecule has 0 saturated heterocycles. The minimum absolute atomic E-state index is 0.0536. The minimum Gasteiger partial charge on any atom is -0.349 e. The zero-order chi connectivity index (χ0) is 13.9. The number of nitrogens with one attached hydrogen (secondary N) is 1. The fourth-order valence-electron chi connectivity index (χ4n) is 1.67. The van der Waals surface area contributed by atoms with Gasteiger partial charge in [0.2, 0.25) is 5.91 Å². The van der Waals surface area contributed by atoms with E-state index in [0.29, 0.717) is 5.92 Å². The van der Waals surface area contributed by atoms with Gasteiger partial charge in [-0.1, -0.05) is 58.9 Å². The van der Waals surface area contributed by atoms with Gasteiger partial charge in [0, 0.05) is 5.41 Å². The van der Waals surface area contributed by atoms with Crippen LogP contribution in [0.5, 0.6) is 0 Å². The molecule has 0 aliphatic rings. The summed E-state index contributed by atoms with van der Waals surface area (Å²) in [7, 11) is 0. The summed E-state index contributed by atoms with van der Waals surface area (Å²) >= 11 is 0. The molecular weight excluding hydrogens is 222 g/mol. The number of amides is 1. The van der Waals surface area contributed by atoms with E-state index in [0.717, 1.165) is 5.56 Å². The number of hydrogen-bond acceptors (Lipinski definition) is 1. The standard InChI is InChI=1S/C16H25NO/c1-11(2)13-7-9-14(10-8-13)12(3)17-15(18)16(4,5)6/h7-12H,1-6H3,(H,17,18). The number of carbonyl (C=O) groups is 1. The van der Waals surface area contributed by atoms with Crippen molar-refractivity contribution in [2.24, 2.45) is 5.41 Å². The molecule has 2 heteroatoms. The Bertz CT molecular complexity index is 398. The van der Waals surface area contributed by atoms with E-state index in [1.165, 1.54) is 5.56 Å². The van der Waals surface area contributed by atoms with E-state index in [1.807, 2.05) is 27.7 Å². The molecule has 1 atom stereocenters. The van der Waals surface area contributed by atoms with Crippen LogP contribution in [0.3, 0.4) is 0 Å². The molecule has 0 aliphatic carbocycles. The van der Waals surface area contributed by atoms with Crippen molar-refractivity contribution in [2.75, 3.05) is 0 Å². The molecular formula is C16H25NO. The summed E-state index contributed by atoms with van der Waals surface area (Å²) in [6, 6.07) is 8.53. The first-order valence-electron chi connectivity index (χ1n) is 6.62. The lowest BCUT2D eigenvalue weighted by Gasteiger charge is -2.22. The summed E-state index contributed by atoms with van der Waals surface area (Å²) < 4.78 is 0. The van der Waals surface area contributed by atoms with Crippen molar-refractivity contribution in [2.45, 2.75) is 53.5 Å². The number of hydrogen-bond donors (Lipinski definition) is 1. The molecule has 0 aromatic heterocycles. The van der Waals surface area contributed by atoms with Crippen molar-refractivity contribution in [3.8, 4) is 0 Å². The second-order valence-corrected chi connectivity index (χ2v) is 6.27. The van der Waals surface area contributed by atoms with E-state index in [4.69, 9.17) is 0 Å². The molecule has 18 heavy (non-hydrogen) atoms. The van der Waals surface area contributed by atoms with Crippen LogP contribution in [0, 0.1) is 5.41 Å². The highest BCUT2D eigenvalue weighted by Crippen LogP contribution is 2.20. The molecule has 0 spiro atoms. The fourth-order valence-corrected chi connectivity index (χ4v) is 1.67. The molecule has 1 aromatic carbocycles. The zero-order valence-electron chi connectivity index (χ0n) is 12.4. The van der Waals surface area contributed by atoms with Crippen molar-refractivity contribution in [1.82, 2.24) is 5.32 Å².